The van der Waals surface area contributed by atoms with Crippen LogP contribution >= 0.6 is 11.3 Å². The molecule has 0 unspecified atom stereocenters. The number of thiophene rings is 1. The molecule has 1 heterocycles. The van der Waals surface area contributed by atoms with Crippen LogP contribution in [0.4, 0.5) is 10.5 Å². The number of hydrogen-bond acceptors (Lipinski definition) is 4. The Morgan fingerprint density at radius 2 is 1.76 bits per heavy atom. The van der Waals surface area contributed by atoms with Crippen LogP contribution in [-0.2, 0) is 22.5 Å². The van der Waals surface area contributed by atoms with Crippen molar-refractivity contribution in [2.24, 2.45) is 0 Å². The number of benzene rings is 2. The fourth-order valence-electron chi connectivity index (χ4n) is 2.94. The maximum Gasteiger partial charge on any atom is 0.412 e. The number of carbonyl (C=O) groups excluding carboxylic acids is 2. The van der Waals surface area contributed by atoms with Crippen molar-refractivity contribution in [3.05, 3.63) is 65.0 Å². The number of nitrogens with zero attached hydrogens (tertiary/aromatic N) is 1. The van der Waals surface area contributed by atoms with Crippen molar-refractivity contribution in [2.75, 3.05) is 12.4 Å². The normalized spacial score (nSPS) is 11.3. The van der Waals surface area contributed by atoms with Gasteiger partial charge in [0, 0.05) is 24.0 Å². The Morgan fingerprint density at radius 3 is 2.45 bits per heavy atom. The zero-order chi connectivity index (χ0) is 21.0. The van der Waals surface area contributed by atoms with Gasteiger partial charge in [0.05, 0.1) is 6.42 Å². The molecule has 0 saturated carbocycles. The molecule has 0 atom stereocenters. The van der Waals surface area contributed by atoms with Crippen molar-refractivity contribution in [1.82, 2.24) is 4.90 Å². The Labute approximate surface area is 175 Å². The molecule has 1 aromatic heterocycles. The minimum Gasteiger partial charge on any atom is -0.444 e. The van der Waals surface area contributed by atoms with Crippen molar-refractivity contribution in [2.45, 2.75) is 39.3 Å². The molecule has 5 nitrogen and oxygen atoms in total. The molecule has 2 aromatic carbocycles. The molecule has 0 fully saturated rings. The van der Waals surface area contributed by atoms with E-state index in [4.69, 9.17) is 4.74 Å². The van der Waals surface area contributed by atoms with Crippen molar-refractivity contribution in [1.29, 1.82) is 0 Å². The third kappa shape index (κ3) is 5.81. The topological polar surface area (TPSA) is 58.6 Å². The van der Waals surface area contributed by atoms with Crippen molar-refractivity contribution in [3.63, 3.8) is 0 Å². The molecule has 3 aromatic rings. The number of rotatable bonds is 5. The van der Waals surface area contributed by atoms with Gasteiger partial charge in [-0.05, 0) is 60.9 Å². The van der Waals surface area contributed by atoms with E-state index < -0.39 is 11.7 Å². The summed E-state index contributed by atoms with van der Waals surface area (Å²) in [5, 5.41) is 6.01. The summed E-state index contributed by atoms with van der Waals surface area (Å²) in [7, 11) is 1.83. The number of fused-ring (bicyclic) bond motifs is 1. The molecule has 2 amide bonds. The van der Waals surface area contributed by atoms with Crippen LogP contribution in [0.3, 0.4) is 0 Å². The second kappa shape index (κ2) is 8.66. The summed E-state index contributed by atoms with van der Waals surface area (Å²) in [6, 6.07) is 15.5. The largest absolute Gasteiger partial charge is 0.444 e. The van der Waals surface area contributed by atoms with Crippen molar-refractivity contribution < 1.29 is 14.3 Å². The molecule has 0 aliphatic rings. The third-order valence-corrected chi connectivity index (χ3v) is 5.36. The SMILES string of the molecule is CN(Cc1csc2ccccc12)C(=O)Cc1ccc(NC(=O)OC(C)(C)C)cc1. The van der Waals surface area contributed by atoms with Gasteiger partial charge in [0.1, 0.15) is 5.60 Å². The maximum absolute atomic E-state index is 12.6. The van der Waals surface area contributed by atoms with Gasteiger partial charge < -0.3 is 9.64 Å². The lowest BCUT2D eigenvalue weighted by atomic mass is 10.1. The van der Waals surface area contributed by atoms with Crippen LogP contribution in [-0.4, -0.2) is 29.5 Å². The average molecular weight is 411 g/mol. The highest BCUT2D eigenvalue weighted by Crippen LogP contribution is 2.26. The third-order valence-electron chi connectivity index (χ3n) is 4.35. The van der Waals surface area contributed by atoms with Gasteiger partial charge in [-0.15, -0.1) is 11.3 Å². The second-order valence-electron chi connectivity index (χ2n) is 8.01. The van der Waals surface area contributed by atoms with Crippen LogP contribution in [0.25, 0.3) is 10.1 Å². The Balaban J connectivity index is 1.56. The average Bonchev–Trinajstić information content (AvgIpc) is 3.05. The van der Waals surface area contributed by atoms with Gasteiger partial charge in [0.2, 0.25) is 5.91 Å². The van der Waals surface area contributed by atoms with Crippen molar-refractivity contribution >= 4 is 39.1 Å². The standard InChI is InChI=1S/C23H26N2O3S/c1-23(2,3)28-22(27)24-18-11-9-16(10-12-18)13-21(26)25(4)14-17-15-29-20-8-6-5-7-19(17)20/h5-12,15H,13-14H2,1-4H3,(H,24,27). The summed E-state index contributed by atoms with van der Waals surface area (Å²) in [5.74, 6) is 0.0492. The van der Waals surface area contributed by atoms with E-state index in [0.29, 0.717) is 18.7 Å². The second-order valence-corrected chi connectivity index (χ2v) is 8.92. The number of amides is 2. The zero-order valence-electron chi connectivity index (χ0n) is 17.2. The molecule has 0 radical (unpaired) electrons. The van der Waals surface area contributed by atoms with E-state index in [9.17, 15) is 9.59 Å². The van der Waals surface area contributed by atoms with E-state index >= 15 is 0 Å². The first-order valence-corrected chi connectivity index (χ1v) is 10.4. The van der Waals surface area contributed by atoms with Gasteiger partial charge >= 0.3 is 6.09 Å². The Morgan fingerprint density at radius 1 is 1.07 bits per heavy atom. The van der Waals surface area contributed by atoms with Gasteiger partial charge in [-0.1, -0.05) is 30.3 Å². The molecular weight excluding hydrogens is 384 g/mol. The first-order valence-electron chi connectivity index (χ1n) is 9.49. The molecular formula is C23H26N2O3S. The van der Waals surface area contributed by atoms with Crippen LogP contribution < -0.4 is 5.32 Å². The smallest absolute Gasteiger partial charge is 0.412 e. The number of ether oxygens (including phenoxy) is 1. The van der Waals surface area contributed by atoms with Crippen LogP contribution in [0, 0.1) is 0 Å². The minimum absolute atomic E-state index is 0.0492. The fourth-order valence-corrected chi connectivity index (χ4v) is 3.89. The van der Waals surface area contributed by atoms with E-state index in [1.165, 1.54) is 15.6 Å². The van der Waals surface area contributed by atoms with E-state index in [-0.39, 0.29) is 5.91 Å². The lowest BCUT2D eigenvalue weighted by molar-refractivity contribution is -0.129. The van der Waals surface area contributed by atoms with Crippen LogP contribution in [0.1, 0.15) is 31.9 Å². The molecule has 152 valence electrons. The summed E-state index contributed by atoms with van der Waals surface area (Å²) in [4.78, 5) is 26.2. The Kier molecular flexibility index (Phi) is 6.23. The molecule has 0 aliphatic heterocycles. The van der Waals surface area contributed by atoms with Crippen molar-refractivity contribution in [3.8, 4) is 0 Å². The molecule has 29 heavy (non-hydrogen) atoms. The van der Waals surface area contributed by atoms with E-state index in [1.807, 2.05) is 52.1 Å². The lowest BCUT2D eigenvalue weighted by Gasteiger charge is -2.20. The molecule has 0 saturated heterocycles. The summed E-state index contributed by atoms with van der Waals surface area (Å²) in [6.07, 6.45) is -0.185. The lowest BCUT2D eigenvalue weighted by Crippen LogP contribution is -2.28. The summed E-state index contributed by atoms with van der Waals surface area (Å²) in [5.41, 5.74) is 2.15. The van der Waals surface area contributed by atoms with Gasteiger partial charge in [0.25, 0.3) is 0 Å². The summed E-state index contributed by atoms with van der Waals surface area (Å²) >= 11 is 1.70. The fraction of sp³-hybridized carbons (Fsp3) is 0.304. The molecule has 6 heteroatoms. The maximum atomic E-state index is 12.6. The monoisotopic (exact) mass is 410 g/mol. The highest BCUT2D eigenvalue weighted by Gasteiger charge is 2.16. The van der Waals surface area contributed by atoms with Gasteiger partial charge in [-0.3, -0.25) is 10.1 Å². The highest BCUT2D eigenvalue weighted by atomic mass is 32.1. The number of hydrogen-bond donors (Lipinski definition) is 1. The zero-order valence-corrected chi connectivity index (χ0v) is 18.0. The van der Waals surface area contributed by atoms with E-state index in [1.54, 1.807) is 28.4 Å². The molecule has 3 rings (SSSR count). The summed E-state index contributed by atoms with van der Waals surface area (Å²) in [6.45, 7) is 6.03. The molecule has 0 spiro atoms. The molecule has 0 bridgehead atoms. The summed E-state index contributed by atoms with van der Waals surface area (Å²) < 4.78 is 6.47. The number of carbonyl (C=O) groups is 2. The van der Waals surface area contributed by atoms with Crippen LogP contribution in [0.5, 0.6) is 0 Å². The predicted octanol–water partition coefficient (Wildman–Crippen LogP) is 5.45. The molecule has 1 N–H and O–H groups in total. The minimum atomic E-state index is -0.547. The quantitative estimate of drug-likeness (QED) is 0.608. The van der Waals surface area contributed by atoms with Gasteiger partial charge in [0.15, 0.2) is 0 Å². The predicted molar refractivity (Wildman–Crippen MR) is 118 cm³/mol. The van der Waals surface area contributed by atoms with Crippen LogP contribution in [0.2, 0.25) is 0 Å². The van der Waals surface area contributed by atoms with E-state index in [2.05, 4.69) is 22.8 Å². The first kappa shape index (κ1) is 20.9. The van der Waals surface area contributed by atoms with Gasteiger partial charge in [-0.25, -0.2) is 4.79 Å². The number of likely N-dealkylation sites (N-methyl/N-ethyl adjacent to an activating group) is 1. The first-order chi connectivity index (χ1) is 13.7. The highest BCUT2D eigenvalue weighted by molar-refractivity contribution is 7.17. The Bertz CT molecular complexity index is 1000. The van der Waals surface area contributed by atoms with Gasteiger partial charge in [-0.2, -0.15) is 0 Å². The molecule has 0 aliphatic carbocycles. The number of anilines is 1. The number of nitrogens with one attached hydrogen (secondary N) is 1. The Hall–Kier alpha value is -2.86. The van der Waals surface area contributed by atoms with E-state index in [0.717, 1.165) is 5.56 Å². The van der Waals surface area contributed by atoms with Crippen LogP contribution in [0.15, 0.2) is 53.9 Å².